The van der Waals surface area contributed by atoms with Gasteiger partial charge in [-0.05, 0) is 49.9 Å². The van der Waals surface area contributed by atoms with Gasteiger partial charge in [0.25, 0.3) is 5.91 Å². The summed E-state index contributed by atoms with van der Waals surface area (Å²) in [6, 6.07) is 14.6. The van der Waals surface area contributed by atoms with Crippen LogP contribution < -0.4 is 4.90 Å². The lowest BCUT2D eigenvalue weighted by molar-refractivity contribution is 0.0756. The van der Waals surface area contributed by atoms with Gasteiger partial charge in [-0.3, -0.25) is 4.79 Å². The highest BCUT2D eigenvalue weighted by Gasteiger charge is 2.28. The predicted octanol–water partition coefficient (Wildman–Crippen LogP) is 4.18. The molecule has 1 atom stereocenters. The monoisotopic (exact) mass is 335 g/mol. The van der Waals surface area contributed by atoms with Gasteiger partial charge in [0.2, 0.25) is 0 Å². The number of fused-ring (bicyclic) bond motifs is 1. The molecule has 1 saturated heterocycles. The Morgan fingerprint density at radius 2 is 1.76 bits per heavy atom. The molecule has 1 aromatic heterocycles. The number of likely N-dealkylation sites (tertiary alicyclic amines) is 1. The van der Waals surface area contributed by atoms with Crippen molar-refractivity contribution < 1.29 is 4.79 Å². The fraction of sp³-hybridized carbons (Fsp3) is 0.429. The Bertz CT molecular complexity index is 765. The molecule has 0 spiro atoms. The number of pyridine rings is 1. The van der Waals surface area contributed by atoms with Crippen molar-refractivity contribution in [3.63, 3.8) is 0 Å². The van der Waals surface area contributed by atoms with Crippen LogP contribution in [-0.4, -0.2) is 34.9 Å². The SMILES string of the molecule is CC1Cc2ccccc2N1c1cccc(C(=O)N2CCCCCC2)n1. The molecule has 0 aliphatic carbocycles. The zero-order chi connectivity index (χ0) is 17.2. The fourth-order valence-corrected chi connectivity index (χ4v) is 4.03. The van der Waals surface area contributed by atoms with Gasteiger partial charge >= 0.3 is 0 Å². The highest BCUT2D eigenvalue weighted by Crippen LogP contribution is 2.37. The van der Waals surface area contributed by atoms with Gasteiger partial charge in [0.15, 0.2) is 0 Å². The number of anilines is 2. The van der Waals surface area contributed by atoms with E-state index in [2.05, 4.69) is 36.1 Å². The minimum atomic E-state index is 0.0730. The summed E-state index contributed by atoms with van der Waals surface area (Å²) in [6.45, 7) is 3.92. The molecule has 2 aliphatic rings. The maximum absolute atomic E-state index is 12.9. The smallest absolute Gasteiger partial charge is 0.272 e. The van der Waals surface area contributed by atoms with Crippen LogP contribution in [0, 0.1) is 0 Å². The van der Waals surface area contributed by atoms with E-state index in [9.17, 15) is 4.79 Å². The van der Waals surface area contributed by atoms with Crippen molar-refractivity contribution in [2.75, 3.05) is 18.0 Å². The van der Waals surface area contributed by atoms with Crippen LogP contribution in [0.15, 0.2) is 42.5 Å². The number of aromatic nitrogens is 1. The minimum Gasteiger partial charge on any atom is -0.337 e. The first-order chi connectivity index (χ1) is 12.2. The number of amides is 1. The van der Waals surface area contributed by atoms with Gasteiger partial charge in [0.1, 0.15) is 11.5 Å². The van der Waals surface area contributed by atoms with E-state index in [4.69, 9.17) is 4.98 Å². The van der Waals surface area contributed by atoms with Crippen molar-refractivity contribution >= 4 is 17.4 Å². The van der Waals surface area contributed by atoms with Crippen molar-refractivity contribution in [1.82, 2.24) is 9.88 Å². The summed E-state index contributed by atoms with van der Waals surface area (Å²) in [5, 5.41) is 0. The van der Waals surface area contributed by atoms with E-state index in [1.807, 2.05) is 23.1 Å². The van der Waals surface area contributed by atoms with Crippen molar-refractivity contribution in [2.45, 2.75) is 45.1 Å². The number of para-hydroxylation sites is 1. The largest absolute Gasteiger partial charge is 0.337 e. The fourth-order valence-electron chi connectivity index (χ4n) is 4.03. The normalized spacial score (nSPS) is 20.3. The maximum atomic E-state index is 12.9. The van der Waals surface area contributed by atoms with Crippen molar-refractivity contribution in [3.8, 4) is 0 Å². The van der Waals surface area contributed by atoms with E-state index in [1.165, 1.54) is 24.1 Å². The van der Waals surface area contributed by atoms with Gasteiger partial charge < -0.3 is 9.80 Å². The number of benzene rings is 1. The van der Waals surface area contributed by atoms with Crippen molar-refractivity contribution in [1.29, 1.82) is 0 Å². The first-order valence-electron chi connectivity index (χ1n) is 9.37. The first-order valence-corrected chi connectivity index (χ1v) is 9.37. The van der Waals surface area contributed by atoms with Gasteiger partial charge in [0, 0.05) is 24.8 Å². The van der Waals surface area contributed by atoms with E-state index < -0.39 is 0 Å². The summed E-state index contributed by atoms with van der Waals surface area (Å²) in [4.78, 5) is 21.9. The highest BCUT2D eigenvalue weighted by molar-refractivity contribution is 5.93. The van der Waals surface area contributed by atoms with Crippen LogP contribution in [0.1, 0.15) is 48.7 Å². The lowest BCUT2D eigenvalue weighted by atomic mass is 10.1. The van der Waals surface area contributed by atoms with Gasteiger partial charge in [-0.1, -0.05) is 37.1 Å². The van der Waals surface area contributed by atoms with E-state index in [1.54, 1.807) is 0 Å². The van der Waals surface area contributed by atoms with Crippen molar-refractivity contribution in [2.24, 2.45) is 0 Å². The topological polar surface area (TPSA) is 36.4 Å². The molecule has 0 N–H and O–H groups in total. The maximum Gasteiger partial charge on any atom is 0.272 e. The zero-order valence-electron chi connectivity index (χ0n) is 14.8. The number of hydrogen-bond donors (Lipinski definition) is 0. The van der Waals surface area contributed by atoms with Crippen LogP contribution in [0.5, 0.6) is 0 Å². The summed E-state index contributed by atoms with van der Waals surface area (Å²) in [6.07, 6.45) is 5.66. The molecule has 0 bridgehead atoms. The number of rotatable bonds is 2. The Morgan fingerprint density at radius 1 is 1.00 bits per heavy atom. The second-order valence-corrected chi connectivity index (χ2v) is 7.14. The second-order valence-electron chi connectivity index (χ2n) is 7.14. The van der Waals surface area contributed by atoms with Gasteiger partial charge in [-0.25, -0.2) is 4.98 Å². The number of carbonyl (C=O) groups is 1. The molecule has 4 nitrogen and oxygen atoms in total. The summed E-state index contributed by atoms with van der Waals surface area (Å²) in [5.41, 5.74) is 3.12. The lowest BCUT2D eigenvalue weighted by Crippen LogP contribution is -2.33. The van der Waals surface area contributed by atoms with Gasteiger partial charge in [0.05, 0.1) is 0 Å². The quantitative estimate of drug-likeness (QED) is 0.826. The van der Waals surface area contributed by atoms with E-state index >= 15 is 0 Å². The number of hydrogen-bond acceptors (Lipinski definition) is 3. The van der Waals surface area contributed by atoms with E-state index in [0.717, 1.165) is 38.2 Å². The Hall–Kier alpha value is -2.36. The van der Waals surface area contributed by atoms with Crippen LogP contribution in [-0.2, 0) is 6.42 Å². The molecule has 3 heterocycles. The molecular weight excluding hydrogens is 310 g/mol. The molecule has 2 aliphatic heterocycles. The minimum absolute atomic E-state index is 0.0730. The third-order valence-corrected chi connectivity index (χ3v) is 5.30. The molecule has 4 rings (SSSR count). The van der Waals surface area contributed by atoms with Crippen LogP contribution in [0.4, 0.5) is 11.5 Å². The molecule has 1 aromatic carbocycles. The summed E-state index contributed by atoms with van der Waals surface area (Å²) in [5.74, 6) is 0.946. The van der Waals surface area contributed by atoms with Crippen molar-refractivity contribution in [3.05, 3.63) is 53.7 Å². The number of carbonyl (C=O) groups excluding carboxylic acids is 1. The molecule has 1 fully saturated rings. The molecule has 0 radical (unpaired) electrons. The molecule has 25 heavy (non-hydrogen) atoms. The Labute approximate surface area is 149 Å². The third kappa shape index (κ3) is 3.13. The molecule has 1 unspecified atom stereocenters. The zero-order valence-corrected chi connectivity index (χ0v) is 14.8. The Morgan fingerprint density at radius 3 is 2.56 bits per heavy atom. The van der Waals surface area contributed by atoms with Crippen LogP contribution in [0.3, 0.4) is 0 Å². The second kappa shape index (κ2) is 6.87. The molecular formula is C21H25N3O. The Balaban J connectivity index is 1.62. The number of nitrogens with zero attached hydrogens (tertiary/aromatic N) is 3. The Kier molecular flexibility index (Phi) is 4.43. The molecule has 1 amide bonds. The van der Waals surface area contributed by atoms with Crippen LogP contribution in [0.25, 0.3) is 0 Å². The molecule has 0 saturated carbocycles. The summed E-state index contributed by atoms with van der Waals surface area (Å²) >= 11 is 0. The summed E-state index contributed by atoms with van der Waals surface area (Å²) in [7, 11) is 0. The highest BCUT2D eigenvalue weighted by atomic mass is 16.2. The summed E-state index contributed by atoms with van der Waals surface area (Å²) < 4.78 is 0. The van der Waals surface area contributed by atoms with Crippen LogP contribution >= 0.6 is 0 Å². The molecule has 130 valence electrons. The van der Waals surface area contributed by atoms with Crippen LogP contribution in [0.2, 0.25) is 0 Å². The van der Waals surface area contributed by atoms with E-state index in [0.29, 0.717) is 11.7 Å². The first kappa shape index (κ1) is 16.1. The molecule has 4 heteroatoms. The van der Waals surface area contributed by atoms with Gasteiger partial charge in [-0.15, -0.1) is 0 Å². The van der Waals surface area contributed by atoms with Gasteiger partial charge in [-0.2, -0.15) is 0 Å². The lowest BCUT2D eigenvalue weighted by Gasteiger charge is -2.25. The van der Waals surface area contributed by atoms with E-state index in [-0.39, 0.29) is 5.91 Å². The third-order valence-electron chi connectivity index (χ3n) is 5.30. The average molecular weight is 335 g/mol. The predicted molar refractivity (Wildman–Crippen MR) is 100 cm³/mol. The molecule has 2 aromatic rings. The average Bonchev–Trinajstić information content (AvgIpc) is 2.80. The standard InChI is InChI=1S/C21H25N3O/c1-16-15-17-9-4-5-11-19(17)24(16)20-12-8-10-18(22-20)21(25)23-13-6-2-3-7-14-23/h4-5,8-12,16H,2-3,6-7,13-15H2,1H3.